The Morgan fingerprint density at radius 1 is 1.40 bits per heavy atom. The number of carbonyl (C=O) groups is 1. The molecule has 20 heavy (non-hydrogen) atoms. The van der Waals surface area contributed by atoms with Crippen LogP contribution < -0.4 is 5.32 Å². The number of hydrogen-bond acceptors (Lipinski definition) is 4. The Labute approximate surface area is 120 Å². The molecule has 1 saturated heterocycles. The molecule has 1 aromatic carbocycles. The van der Waals surface area contributed by atoms with Crippen LogP contribution in [0, 0.1) is 12.8 Å². The summed E-state index contributed by atoms with van der Waals surface area (Å²) in [6, 6.07) is 8.32. The fourth-order valence-electron chi connectivity index (χ4n) is 2.80. The van der Waals surface area contributed by atoms with E-state index in [2.05, 4.69) is 36.5 Å². The van der Waals surface area contributed by atoms with E-state index in [1.807, 2.05) is 6.92 Å². The molecular weight excluding hydrogens is 254 g/mol. The molecule has 4 heteroatoms. The van der Waals surface area contributed by atoms with Crippen molar-refractivity contribution >= 4 is 5.97 Å². The largest absolute Gasteiger partial charge is 0.469 e. The van der Waals surface area contributed by atoms with E-state index in [9.17, 15) is 9.90 Å². The number of aliphatic hydroxyl groups is 1. The van der Waals surface area contributed by atoms with Crippen LogP contribution in [0.5, 0.6) is 0 Å². The smallest absolute Gasteiger partial charge is 0.307 e. The minimum atomic E-state index is -0.405. The number of benzene rings is 1. The number of aliphatic hydroxyl groups excluding tert-OH is 1. The molecule has 0 bridgehead atoms. The maximum absolute atomic E-state index is 11.4. The third-order valence-corrected chi connectivity index (χ3v) is 4.15. The number of rotatable bonds is 3. The van der Waals surface area contributed by atoms with Gasteiger partial charge in [-0.2, -0.15) is 0 Å². The second-order valence-electron chi connectivity index (χ2n) is 5.69. The predicted molar refractivity (Wildman–Crippen MR) is 77.3 cm³/mol. The van der Waals surface area contributed by atoms with Gasteiger partial charge < -0.3 is 15.2 Å². The highest BCUT2D eigenvalue weighted by Crippen LogP contribution is 2.32. The maximum atomic E-state index is 11.4. The third kappa shape index (κ3) is 3.38. The topological polar surface area (TPSA) is 58.6 Å². The highest BCUT2D eigenvalue weighted by atomic mass is 16.5. The van der Waals surface area contributed by atoms with Gasteiger partial charge in [-0.1, -0.05) is 36.8 Å². The molecule has 1 aromatic rings. The van der Waals surface area contributed by atoms with Crippen LogP contribution in [0.1, 0.15) is 36.9 Å². The van der Waals surface area contributed by atoms with Crippen LogP contribution in [-0.2, 0) is 9.53 Å². The van der Waals surface area contributed by atoms with Gasteiger partial charge in [-0.25, -0.2) is 0 Å². The average molecular weight is 277 g/mol. The lowest BCUT2D eigenvalue weighted by Gasteiger charge is -2.39. The van der Waals surface area contributed by atoms with E-state index in [0.29, 0.717) is 12.8 Å². The summed E-state index contributed by atoms with van der Waals surface area (Å²) in [6.07, 6.45) is 0.471. The molecule has 4 nitrogen and oxygen atoms in total. The predicted octanol–water partition coefficient (Wildman–Crippen LogP) is 1.96. The minimum absolute atomic E-state index is 0.0417. The van der Waals surface area contributed by atoms with Gasteiger partial charge in [0.05, 0.1) is 19.6 Å². The molecule has 1 aliphatic heterocycles. The van der Waals surface area contributed by atoms with Crippen molar-refractivity contribution in [2.75, 3.05) is 7.11 Å². The maximum Gasteiger partial charge on any atom is 0.307 e. The molecule has 0 spiro atoms. The monoisotopic (exact) mass is 277 g/mol. The van der Waals surface area contributed by atoms with Gasteiger partial charge in [0.1, 0.15) is 0 Å². The summed E-state index contributed by atoms with van der Waals surface area (Å²) >= 11 is 0. The van der Waals surface area contributed by atoms with E-state index in [4.69, 9.17) is 4.74 Å². The number of esters is 1. The van der Waals surface area contributed by atoms with E-state index in [1.54, 1.807) is 0 Å². The second kappa shape index (κ2) is 6.37. The molecular formula is C16H23NO3. The van der Waals surface area contributed by atoms with E-state index in [0.717, 1.165) is 5.56 Å². The number of piperidine rings is 1. The Balaban J connectivity index is 2.13. The van der Waals surface area contributed by atoms with Crippen LogP contribution in [0.3, 0.4) is 0 Å². The molecule has 1 heterocycles. The third-order valence-electron chi connectivity index (χ3n) is 4.15. The van der Waals surface area contributed by atoms with Crippen molar-refractivity contribution in [1.29, 1.82) is 0 Å². The van der Waals surface area contributed by atoms with Crippen LogP contribution in [0.15, 0.2) is 24.3 Å². The van der Waals surface area contributed by atoms with Crippen molar-refractivity contribution in [1.82, 2.24) is 5.32 Å². The summed E-state index contributed by atoms with van der Waals surface area (Å²) in [5.74, 6) is -0.126. The lowest BCUT2D eigenvalue weighted by Crippen LogP contribution is -2.48. The number of ether oxygens (including phenoxy) is 1. The van der Waals surface area contributed by atoms with E-state index >= 15 is 0 Å². The average Bonchev–Trinajstić information content (AvgIpc) is 2.43. The first-order valence-corrected chi connectivity index (χ1v) is 7.08. The molecule has 0 aromatic heterocycles. The van der Waals surface area contributed by atoms with Gasteiger partial charge in [0.25, 0.3) is 0 Å². The summed E-state index contributed by atoms with van der Waals surface area (Å²) in [6.45, 7) is 4.09. The lowest BCUT2D eigenvalue weighted by molar-refractivity contribution is -0.141. The van der Waals surface area contributed by atoms with Gasteiger partial charge in [-0.05, 0) is 18.9 Å². The highest BCUT2D eigenvalue weighted by molar-refractivity contribution is 5.69. The van der Waals surface area contributed by atoms with E-state index < -0.39 is 6.10 Å². The fourth-order valence-corrected chi connectivity index (χ4v) is 2.80. The van der Waals surface area contributed by atoms with Crippen molar-refractivity contribution in [3.8, 4) is 0 Å². The summed E-state index contributed by atoms with van der Waals surface area (Å²) in [5, 5.41) is 13.7. The molecule has 0 radical (unpaired) electrons. The molecule has 2 rings (SSSR count). The Morgan fingerprint density at radius 2 is 2.05 bits per heavy atom. The van der Waals surface area contributed by atoms with Crippen LogP contribution in [-0.4, -0.2) is 30.3 Å². The Morgan fingerprint density at radius 3 is 2.65 bits per heavy atom. The molecule has 0 saturated carbocycles. The fraction of sp³-hybridized carbons (Fsp3) is 0.562. The van der Waals surface area contributed by atoms with Crippen molar-refractivity contribution < 1.29 is 14.6 Å². The van der Waals surface area contributed by atoms with Crippen LogP contribution >= 0.6 is 0 Å². The number of carbonyl (C=O) groups excluding carboxylic acids is 1. The number of methoxy groups -OCH3 is 1. The van der Waals surface area contributed by atoms with Gasteiger partial charge in [0, 0.05) is 18.0 Å². The quantitative estimate of drug-likeness (QED) is 0.829. The highest BCUT2D eigenvalue weighted by Gasteiger charge is 2.35. The molecule has 0 unspecified atom stereocenters. The summed E-state index contributed by atoms with van der Waals surface area (Å²) in [7, 11) is 1.39. The molecule has 110 valence electrons. The first-order chi connectivity index (χ1) is 9.51. The van der Waals surface area contributed by atoms with Gasteiger partial charge in [0.15, 0.2) is 0 Å². The van der Waals surface area contributed by atoms with Crippen LogP contribution in [0.2, 0.25) is 0 Å². The lowest BCUT2D eigenvalue weighted by atomic mass is 9.82. The zero-order chi connectivity index (χ0) is 14.7. The Kier molecular flexibility index (Phi) is 4.78. The summed E-state index contributed by atoms with van der Waals surface area (Å²) in [4.78, 5) is 11.4. The molecule has 0 aliphatic carbocycles. The molecule has 0 amide bonds. The van der Waals surface area contributed by atoms with E-state index in [-0.39, 0.29) is 24.0 Å². The van der Waals surface area contributed by atoms with Crippen LogP contribution in [0.4, 0.5) is 0 Å². The number of nitrogens with one attached hydrogen (secondary N) is 1. The Hall–Kier alpha value is -1.39. The standard InChI is InChI=1S/C16H23NO3/c1-10-4-6-12(7-5-10)16-11(2)14(18)8-13(17-16)9-15(19)20-3/h4-7,11,13-14,16-18H,8-9H2,1-3H3/t11-,13-,14-,16+/m1/s1. The Bertz CT molecular complexity index is 457. The summed E-state index contributed by atoms with van der Waals surface area (Å²) < 4.78 is 4.71. The molecule has 1 aliphatic rings. The van der Waals surface area contributed by atoms with Crippen molar-refractivity contribution in [3.63, 3.8) is 0 Å². The molecule has 4 atom stereocenters. The van der Waals surface area contributed by atoms with Gasteiger partial charge >= 0.3 is 5.97 Å². The summed E-state index contributed by atoms with van der Waals surface area (Å²) in [5.41, 5.74) is 2.36. The van der Waals surface area contributed by atoms with E-state index in [1.165, 1.54) is 12.7 Å². The van der Waals surface area contributed by atoms with Crippen molar-refractivity contribution in [2.24, 2.45) is 5.92 Å². The zero-order valence-corrected chi connectivity index (χ0v) is 12.3. The minimum Gasteiger partial charge on any atom is -0.469 e. The normalized spacial score (nSPS) is 30.0. The first kappa shape index (κ1) is 15.0. The molecule has 2 N–H and O–H groups in total. The van der Waals surface area contributed by atoms with Crippen molar-refractivity contribution in [3.05, 3.63) is 35.4 Å². The van der Waals surface area contributed by atoms with Crippen molar-refractivity contribution in [2.45, 2.75) is 44.9 Å². The number of hydrogen-bond donors (Lipinski definition) is 2. The number of aryl methyl sites for hydroxylation is 1. The first-order valence-electron chi connectivity index (χ1n) is 7.08. The second-order valence-corrected chi connectivity index (χ2v) is 5.69. The van der Waals surface area contributed by atoms with Crippen LogP contribution in [0.25, 0.3) is 0 Å². The van der Waals surface area contributed by atoms with Gasteiger partial charge in [-0.15, -0.1) is 0 Å². The molecule has 1 fully saturated rings. The SMILES string of the molecule is COC(=O)C[C@H]1C[C@@H](O)[C@@H](C)[C@@H](c2ccc(C)cc2)N1. The zero-order valence-electron chi connectivity index (χ0n) is 12.3. The van der Waals surface area contributed by atoms with Gasteiger partial charge in [0.2, 0.25) is 0 Å². The van der Waals surface area contributed by atoms with Gasteiger partial charge in [-0.3, -0.25) is 4.79 Å².